The van der Waals surface area contributed by atoms with Crippen LogP contribution in [-0.4, -0.2) is 16.0 Å². The molecule has 0 radical (unpaired) electrons. The zero-order valence-electron chi connectivity index (χ0n) is 11.6. The number of hydrogen-bond donors (Lipinski definition) is 1. The van der Waals surface area contributed by atoms with Gasteiger partial charge in [0, 0.05) is 10.9 Å². The maximum atomic E-state index is 12.2. The first-order chi connectivity index (χ1) is 10.1. The Kier molecular flexibility index (Phi) is 3.53. The average Bonchev–Trinajstić information content (AvgIpc) is 3.11. The van der Waals surface area contributed by atoms with Crippen molar-refractivity contribution >= 4 is 22.9 Å². The smallest absolute Gasteiger partial charge is 0.275 e. The van der Waals surface area contributed by atoms with Gasteiger partial charge in [-0.25, -0.2) is 4.98 Å². The predicted octanol–water partition coefficient (Wildman–Crippen LogP) is 3.67. The Morgan fingerprint density at radius 1 is 1.24 bits per heavy atom. The van der Waals surface area contributed by atoms with Crippen LogP contribution in [0.25, 0.3) is 10.6 Å². The summed E-state index contributed by atoms with van der Waals surface area (Å²) in [4.78, 5) is 16.6. The highest BCUT2D eigenvalue weighted by Gasteiger charge is 2.16. The molecule has 3 rings (SSSR count). The van der Waals surface area contributed by atoms with E-state index in [1.54, 1.807) is 19.2 Å². The highest BCUT2D eigenvalue weighted by Crippen LogP contribution is 2.24. The molecule has 0 aliphatic rings. The molecular formula is C15H13N3O2S. The normalized spacial score (nSPS) is 10.6. The van der Waals surface area contributed by atoms with E-state index in [0.717, 1.165) is 10.6 Å². The van der Waals surface area contributed by atoms with E-state index in [0.29, 0.717) is 22.8 Å². The van der Waals surface area contributed by atoms with E-state index >= 15 is 0 Å². The van der Waals surface area contributed by atoms with Gasteiger partial charge in [0.05, 0.1) is 0 Å². The van der Waals surface area contributed by atoms with E-state index in [2.05, 4.69) is 15.5 Å². The second-order valence-electron chi connectivity index (χ2n) is 4.56. The van der Waals surface area contributed by atoms with E-state index in [4.69, 9.17) is 4.52 Å². The standard InChI is InChI=1S/C15H13N3O2S/c1-9-13(10(2)20-18-9)17-14(19)12-8-21-15(16-12)11-6-4-3-5-7-11/h3-8H,1-2H3,(H,17,19). The van der Waals surface area contributed by atoms with Crippen LogP contribution in [0.5, 0.6) is 0 Å². The van der Waals surface area contributed by atoms with Crippen molar-refractivity contribution in [2.24, 2.45) is 0 Å². The average molecular weight is 299 g/mol. The molecule has 0 atom stereocenters. The van der Waals surface area contributed by atoms with Gasteiger partial charge >= 0.3 is 0 Å². The van der Waals surface area contributed by atoms with E-state index < -0.39 is 0 Å². The fourth-order valence-corrected chi connectivity index (χ4v) is 2.74. The van der Waals surface area contributed by atoms with Crippen molar-refractivity contribution in [3.05, 3.63) is 52.9 Å². The minimum absolute atomic E-state index is 0.261. The van der Waals surface area contributed by atoms with E-state index in [1.807, 2.05) is 30.3 Å². The van der Waals surface area contributed by atoms with Crippen molar-refractivity contribution in [1.29, 1.82) is 0 Å². The largest absolute Gasteiger partial charge is 0.359 e. The van der Waals surface area contributed by atoms with E-state index in [-0.39, 0.29) is 5.91 Å². The SMILES string of the molecule is Cc1noc(C)c1NC(=O)c1csc(-c2ccccc2)n1. The molecule has 0 aliphatic carbocycles. The van der Waals surface area contributed by atoms with Crippen molar-refractivity contribution < 1.29 is 9.32 Å². The van der Waals surface area contributed by atoms with E-state index in [1.165, 1.54) is 11.3 Å². The number of carbonyl (C=O) groups is 1. The number of nitrogens with one attached hydrogen (secondary N) is 1. The fraction of sp³-hybridized carbons (Fsp3) is 0.133. The van der Waals surface area contributed by atoms with Gasteiger partial charge in [-0.1, -0.05) is 35.5 Å². The quantitative estimate of drug-likeness (QED) is 0.801. The minimum Gasteiger partial charge on any atom is -0.359 e. The fourth-order valence-electron chi connectivity index (χ4n) is 1.93. The van der Waals surface area contributed by atoms with Crippen LogP contribution in [0.4, 0.5) is 5.69 Å². The summed E-state index contributed by atoms with van der Waals surface area (Å²) in [6, 6.07) is 9.77. The second kappa shape index (κ2) is 5.49. The van der Waals surface area contributed by atoms with Crippen LogP contribution in [0.2, 0.25) is 0 Å². The van der Waals surface area contributed by atoms with Crippen molar-refractivity contribution in [3.8, 4) is 10.6 Å². The molecule has 0 bridgehead atoms. The Morgan fingerprint density at radius 3 is 2.67 bits per heavy atom. The summed E-state index contributed by atoms with van der Waals surface area (Å²) in [5.74, 6) is 0.321. The molecule has 1 aromatic carbocycles. The van der Waals surface area contributed by atoms with Gasteiger partial charge in [-0.2, -0.15) is 0 Å². The first kappa shape index (κ1) is 13.5. The molecular weight excluding hydrogens is 286 g/mol. The van der Waals surface area contributed by atoms with Gasteiger partial charge in [-0.3, -0.25) is 4.79 Å². The van der Waals surface area contributed by atoms with Crippen LogP contribution >= 0.6 is 11.3 Å². The zero-order chi connectivity index (χ0) is 14.8. The summed E-state index contributed by atoms with van der Waals surface area (Å²) in [7, 11) is 0. The monoisotopic (exact) mass is 299 g/mol. The number of aromatic nitrogens is 2. The summed E-state index contributed by atoms with van der Waals surface area (Å²) in [5.41, 5.74) is 2.64. The highest BCUT2D eigenvalue weighted by molar-refractivity contribution is 7.13. The maximum Gasteiger partial charge on any atom is 0.275 e. The summed E-state index contributed by atoms with van der Waals surface area (Å²) >= 11 is 1.44. The van der Waals surface area contributed by atoms with Crippen LogP contribution in [0.3, 0.4) is 0 Å². The first-order valence-corrected chi connectivity index (χ1v) is 7.28. The Bertz CT molecular complexity index is 758. The zero-order valence-corrected chi connectivity index (χ0v) is 12.4. The van der Waals surface area contributed by atoms with E-state index in [9.17, 15) is 4.79 Å². The number of aryl methyl sites for hydroxylation is 2. The number of benzene rings is 1. The lowest BCUT2D eigenvalue weighted by Crippen LogP contribution is -2.13. The molecule has 0 aliphatic heterocycles. The summed E-state index contributed by atoms with van der Waals surface area (Å²) in [6.07, 6.45) is 0. The highest BCUT2D eigenvalue weighted by atomic mass is 32.1. The summed E-state index contributed by atoms with van der Waals surface area (Å²) < 4.78 is 5.02. The lowest BCUT2D eigenvalue weighted by atomic mass is 10.2. The molecule has 1 N–H and O–H groups in total. The van der Waals surface area contributed by atoms with Crippen molar-refractivity contribution in [1.82, 2.24) is 10.1 Å². The lowest BCUT2D eigenvalue weighted by molar-refractivity contribution is 0.102. The Hall–Kier alpha value is -2.47. The summed E-state index contributed by atoms with van der Waals surface area (Å²) in [6.45, 7) is 3.54. The van der Waals surface area contributed by atoms with Crippen LogP contribution in [0, 0.1) is 13.8 Å². The Balaban J connectivity index is 1.82. The first-order valence-electron chi connectivity index (χ1n) is 6.40. The molecule has 5 nitrogen and oxygen atoms in total. The third-order valence-electron chi connectivity index (χ3n) is 3.03. The summed E-state index contributed by atoms with van der Waals surface area (Å²) in [5, 5.41) is 9.16. The van der Waals surface area contributed by atoms with Crippen molar-refractivity contribution in [2.45, 2.75) is 13.8 Å². The number of thiazole rings is 1. The Labute approximate surface area is 125 Å². The van der Waals surface area contributed by atoms with Crippen LogP contribution < -0.4 is 5.32 Å². The molecule has 1 amide bonds. The van der Waals surface area contributed by atoms with Crippen LogP contribution in [-0.2, 0) is 0 Å². The van der Waals surface area contributed by atoms with Crippen molar-refractivity contribution in [3.63, 3.8) is 0 Å². The number of nitrogens with zero attached hydrogens (tertiary/aromatic N) is 2. The van der Waals surface area contributed by atoms with Gasteiger partial charge in [-0.15, -0.1) is 11.3 Å². The van der Waals surface area contributed by atoms with Crippen LogP contribution in [0.1, 0.15) is 21.9 Å². The van der Waals surface area contributed by atoms with Crippen LogP contribution in [0.15, 0.2) is 40.2 Å². The van der Waals surface area contributed by atoms with Gasteiger partial charge in [0.2, 0.25) is 0 Å². The molecule has 106 valence electrons. The van der Waals surface area contributed by atoms with Gasteiger partial charge in [-0.05, 0) is 13.8 Å². The molecule has 2 heterocycles. The van der Waals surface area contributed by atoms with Crippen molar-refractivity contribution in [2.75, 3.05) is 5.32 Å². The molecule has 0 spiro atoms. The molecule has 0 saturated carbocycles. The number of rotatable bonds is 3. The topological polar surface area (TPSA) is 68.0 Å². The lowest BCUT2D eigenvalue weighted by Gasteiger charge is -2.01. The van der Waals surface area contributed by atoms with Gasteiger partial charge < -0.3 is 9.84 Å². The number of hydrogen-bond acceptors (Lipinski definition) is 5. The Morgan fingerprint density at radius 2 is 2.00 bits per heavy atom. The van der Waals surface area contributed by atoms with Gasteiger partial charge in [0.15, 0.2) is 5.76 Å². The van der Waals surface area contributed by atoms with Gasteiger partial charge in [0.1, 0.15) is 22.1 Å². The maximum absolute atomic E-state index is 12.2. The van der Waals surface area contributed by atoms with Gasteiger partial charge in [0.25, 0.3) is 5.91 Å². The molecule has 6 heteroatoms. The molecule has 0 saturated heterocycles. The second-order valence-corrected chi connectivity index (χ2v) is 5.42. The predicted molar refractivity (Wildman–Crippen MR) is 81.5 cm³/mol. The minimum atomic E-state index is -0.261. The molecule has 21 heavy (non-hydrogen) atoms. The molecule has 2 aromatic heterocycles. The number of anilines is 1. The third kappa shape index (κ3) is 2.71. The number of carbonyl (C=O) groups excluding carboxylic acids is 1. The number of amides is 1. The molecule has 0 unspecified atom stereocenters. The molecule has 0 fully saturated rings. The molecule has 3 aromatic rings. The third-order valence-corrected chi connectivity index (χ3v) is 3.92.